The zero-order valence-electron chi connectivity index (χ0n) is 13.4. The maximum atomic E-state index is 12.2. The summed E-state index contributed by atoms with van der Waals surface area (Å²) in [6, 6.07) is 10.3. The number of benzene rings is 1. The minimum absolute atomic E-state index is 0.0850. The summed E-state index contributed by atoms with van der Waals surface area (Å²) < 4.78 is 15.3. The molecule has 7 heteroatoms. The van der Waals surface area contributed by atoms with Crippen LogP contribution in [0.3, 0.4) is 0 Å². The highest BCUT2D eigenvalue weighted by atomic mass is 16.5. The van der Waals surface area contributed by atoms with Gasteiger partial charge in [-0.3, -0.25) is 14.4 Å². The van der Waals surface area contributed by atoms with E-state index in [0.717, 1.165) is 5.39 Å². The van der Waals surface area contributed by atoms with Gasteiger partial charge in [-0.1, -0.05) is 18.2 Å². The number of nitrogens with one attached hydrogen (secondary N) is 1. The summed E-state index contributed by atoms with van der Waals surface area (Å²) in [5.41, 5.74) is 1.29. The van der Waals surface area contributed by atoms with E-state index >= 15 is 0 Å². The number of hydrogen-bond donors (Lipinski definition) is 1. The molecule has 3 rings (SSSR count). The lowest BCUT2D eigenvalue weighted by Crippen LogP contribution is -2.31. The lowest BCUT2D eigenvalue weighted by Gasteiger charge is -2.04. The zero-order valence-corrected chi connectivity index (χ0v) is 13.4. The van der Waals surface area contributed by atoms with Crippen LogP contribution in [-0.4, -0.2) is 30.8 Å². The van der Waals surface area contributed by atoms with Gasteiger partial charge in [0.2, 0.25) is 5.78 Å². The van der Waals surface area contributed by atoms with Crippen molar-refractivity contribution in [3.8, 4) is 0 Å². The minimum Gasteiger partial charge on any atom is -0.459 e. The zero-order chi connectivity index (χ0) is 17.8. The SMILES string of the molecule is Cc1c(C(=O)COC(=O)CNC(=O)c2ccco2)oc2ccccc12. The van der Waals surface area contributed by atoms with Gasteiger partial charge in [0, 0.05) is 10.9 Å². The van der Waals surface area contributed by atoms with E-state index in [0.29, 0.717) is 11.1 Å². The largest absolute Gasteiger partial charge is 0.459 e. The first kappa shape index (κ1) is 16.5. The van der Waals surface area contributed by atoms with E-state index in [2.05, 4.69) is 5.32 Å². The number of amides is 1. The van der Waals surface area contributed by atoms with Gasteiger partial charge < -0.3 is 18.9 Å². The normalized spacial score (nSPS) is 10.6. The Morgan fingerprint density at radius 2 is 1.92 bits per heavy atom. The third kappa shape index (κ3) is 3.60. The molecule has 0 unspecified atom stereocenters. The van der Waals surface area contributed by atoms with E-state index in [9.17, 15) is 14.4 Å². The number of Topliss-reactive ketones (excluding diaryl/α,β-unsaturated/α-hetero) is 1. The number of furan rings is 2. The van der Waals surface area contributed by atoms with Gasteiger partial charge in [0.15, 0.2) is 18.1 Å². The Kier molecular flexibility index (Phi) is 4.65. The molecule has 0 fully saturated rings. The number of aryl methyl sites for hydroxylation is 1. The van der Waals surface area contributed by atoms with Crippen LogP contribution in [0.2, 0.25) is 0 Å². The quantitative estimate of drug-likeness (QED) is 0.546. The van der Waals surface area contributed by atoms with Crippen LogP contribution < -0.4 is 5.32 Å². The Balaban J connectivity index is 1.53. The van der Waals surface area contributed by atoms with Gasteiger partial charge in [-0.2, -0.15) is 0 Å². The molecule has 0 saturated carbocycles. The van der Waals surface area contributed by atoms with Crippen molar-refractivity contribution in [2.24, 2.45) is 0 Å². The standard InChI is InChI=1S/C18H15NO6/c1-11-12-5-2-3-6-14(12)25-17(11)13(20)10-24-16(21)9-19-18(22)15-7-4-8-23-15/h2-8H,9-10H2,1H3,(H,19,22). The van der Waals surface area contributed by atoms with Crippen molar-refractivity contribution in [2.75, 3.05) is 13.2 Å². The Morgan fingerprint density at radius 3 is 2.64 bits per heavy atom. The third-order valence-corrected chi connectivity index (χ3v) is 3.60. The summed E-state index contributed by atoms with van der Waals surface area (Å²) >= 11 is 0. The fourth-order valence-electron chi connectivity index (χ4n) is 2.35. The van der Waals surface area contributed by atoms with E-state index in [1.807, 2.05) is 12.1 Å². The molecule has 0 radical (unpaired) electrons. The first-order chi connectivity index (χ1) is 12.1. The summed E-state index contributed by atoms with van der Waals surface area (Å²) in [7, 11) is 0. The molecule has 3 aromatic rings. The lowest BCUT2D eigenvalue weighted by atomic mass is 10.1. The highest BCUT2D eigenvalue weighted by Gasteiger charge is 2.19. The van der Waals surface area contributed by atoms with Gasteiger partial charge in [-0.15, -0.1) is 0 Å². The molecule has 0 aliphatic heterocycles. The van der Waals surface area contributed by atoms with Crippen molar-refractivity contribution >= 4 is 28.6 Å². The fourth-order valence-corrected chi connectivity index (χ4v) is 2.35. The second-order valence-corrected chi connectivity index (χ2v) is 5.30. The van der Waals surface area contributed by atoms with Gasteiger partial charge >= 0.3 is 5.97 Å². The van der Waals surface area contributed by atoms with Crippen LogP contribution in [0, 0.1) is 6.92 Å². The Labute approximate surface area is 142 Å². The molecule has 0 aliphatic rings. The third-order valence-electron chi connectivity index (χ3n) is 3.60. The second-order valence-electron chi connectivity index (χ2n) is 5.30. The summed E-state index contributed by atoms with van der Waals surface area (Å²) in [5.74, 6) is -1.47. The Hall–Kier alpha value is -3.35. The van der Waals surface area contributed by atoms with Gasteiger partial charge in [-0.25, -0.2) is 0 Å². The van der Waals surface area contributed by atoms with Gasteiger partial charge in [0.25, 0.3) is 5.91 Å². The second kappa shape index (κ2) is 7.04. The number of fused-ring (bicyclic) bond motifs is 1. The molecular weight excluding hydrogens is 326 g/mol. The van der Waals surface area contributed by atoms with Crippen molar-refractivity contribution in [2.45, 2.75) is 6.92 Å². The summed E-state index contributed by atoms with van der Waals surface area (Å²) in [6.07, 6.45) is 1.35. The first-order valence-corrected chi connectivity index (χ1v) is 7.55. The van der Waals surface area contributed by atoms with Gasteiger partial charge in [0.05, 0.1) is 6.26 Å². The molecule has 0 spiro atoms. The topological polar surface area (TPSA) is 98.8 Å². The van der Waals surface area contributed by atoms with Crippen LogP contribution in [0.25, 0.3) is 11.0 Å². The Morgan fingerprint density at radius 1 is 1.12 bits per heavy atom. The van der Waals surface area contributed by atoms with E-state index in [1.54, 1.807) is 25.1 Å². The van der Waals surface area contributed by atoms with E-state index in [-0.39, 0.29) is 18.1 Å². The molecule has 0 bridgehead atoms. The van der Waals surface area contributed by atoms with Crippen molar-refractivity contribution in [3.63, 3.8) is 0 Å². The van der Waals surface area contributed by atoms with Crippen molar-refractivity contribution in [3.05, 3.63) is 59.7 Å². The van der Waals surface area contributed by atoms with Crippen LogP contribution >= 0.6 is 0 Å². The predicted octanol–water partition coefficient (Wildman–Crippen LogP) is 2.49. The molecule has 2 heterocycles. The molecule has 25 heavy (non-hydrogen) atoms. The molecule has 1 amide bonds. The number of hydrogen-bond acceptors (Lipinski definition) is 6. The Bertz CT molecular complexity index is 922. The van der Waals surface area contributed by atoms with Gasteiger partial charge in [-0.05, 0) is 25.1 Å². The smallest absolute Gasteiger partial charge is 0.325 e. The highest BCUT2D eigenvalue weighted by Crippen LogP contribution is 2.25. The molecule has 2 aromatic heterocycles. The number of ketones is 1. The predicted molar refractivity (Wildman–Crippen MR) is 87.3 cm³/mol. The number of rotatable bonds is 6. The molecule has 7 nitrogen and oxygen atoms in total. The van der Waals surface area contributed by atoms with Crippen LogP contribution in [0.4, 0.5) is 0 Å². The summed E-state index contributed by atoms with van der Waals surface area (Å²) in [6.45, 7) is 0.937. The number of carbonyl (C=O) groups excluding carboxylic acids is 3. The van der Waals surface area contributed by atoms with Crippen LogP contribution in [0.15, 0.2) is 51.5 Å². The van der Waals surface area contributed by atoms with Crippen LogP contribution in [0.5, 0.6) is 0 Å². The van der Waals surface area contributed by atoms with Gasteiger partial charge in [0.1, 0.15) is 12.1 Å². The molecule has 128 valence electrons. The van der Waals surface area contributed by atoms with E-state index < -0.39 is 24.3 Å². The van der Waals surface area contributed by atoms with Crippen LogP contribution in [0.1, 0.15) is 26.7 Å². The highest BCUT2D eigenvalue weighted by molar-refractivity contribution is 6.01. The molecule has 0 aliphatic carbocycles. The monoisotopic (exact) mass is 341 g/mol. The number of ether oxygens (including phenoxy) is 1. The maximum Gasteiger partial charge on any atom is 0.325 e. The van der Waals surface area contributed by atoms with Crippen LogP contribution in [-0.2, 0) is 9.53 Å². The molecule has 0 atom stereocenters. The molecule has 0 saturated heterocycles. The first-order valence-electron chi connectivity index (χ1n) is 7.55. The van der Waals surface area contributed by atoms with E-state index in [4.69, 9.17) is 13.6 Å². The maximum absolute atomic E-state index is 12.2. The van der Waals surface area contributed by atoms with Crippen molar-refractivity contribution in [1.29, 1.82) is 0 Å². The van der Waals surface area contributed by atoms with Crippen molar-refractivity contribution in [1.82, 2.24) is 5.32 Å². The van der Waals surface area contributed by atoms with E-state index in [1.165, 1.54) is 12.3 Å². The lowest BCUT2D eigenvalue weighted by molar-refractivity contribution is -0.141. The number of para-hydroxylation sites is 1. The molecular formula is C18H15NO6. The molecule has 1 aromatic carbocycles. The molecule has 1 N–H and O–H groups in total. The number of esters is 1. The fraction of sp³-hybridized carbons (Fsp3) is 0.167. The minimum atomic E-state index is -0.734. The van der Waals surface area contributed by atoms with Crippen molar-refractivity contribution < 1.29 is 28.0 Å². The summed E-state index contributed by atoms with van der Waals surface area (Å²) in [4.78, 5) is 35.5. The summed E-state index contributed by atoms with van der Waals surface area (Å²) in [5, 5.41) is 3.18. The number of carbonyl (C=O) groups is 3. The average Bonchev–Trinajstić information content (AvgIpc) is 3.26. The average molecular weight is 341 g/mol.